The maximum Gasteiger partial charge on any atom is 0.269 e. The van der Waals surface area contributed by atoms with Gasteiger partial charge in [0.1, 0.15) is 0 Å². The zero-order valence-corrected chi connectivity index (χ0v) is 16.2. The van der Waals surface area contributed by atoms with Crippen LogP contribution in [0.15, 0.2) is 29.3 Å². The molecule has 0 unspecified atom stereocenters. The van der Waals surface area contributed by atoms with Crippen molar-refractivity contribution in [1.29, 1.82) is 0 Å². The molecule has 2 heterocycles. The summed E-state index contributed by atoms with van der Waals surface area (Å²) in [4.78, 5) is 31.4. The standard InChI is InChI=1S/C19H27N5O4/c1-20-19(21-14-15-2-4-17(5-3-15)24(26)27)23-8-6-16(7-9-23)18(25)22-10-12-28-13-11-22/h2-5,16H,6-14H2,1H3,(H,20,21). The number of hydrogen-bond acceptors (Lipinski definition) is 5. The predicted octanol–water partition coefficient (Wildman–Crippen LogP) is 1.24. The van der Waals surface area contributed by atoms with E-state index >= 15 is 0 Å². The van der Waals surface area contributed by atoms with Gasteiger partial charge in [-0.3, -0.25) is 19.9 Å². The van der Waals surface area contributed by atoms with Gasteiger partial charge in [-0.15, -0.1) is 0 Å². The molecule has 0 atom stereocenters. The number of carbonyl (C=O) groups is 1. The predicted molar refractivity (Wildman–Crippen MR) is 105 cm³/mol. The molecule has 0 aromatic heterocycles. The van der Waals surface area contributed by atoms with Gasteiger partial charge in [0, 0.05) is 57.8 Å². The van der Waals surface area contributed by atoms with Gasteiger partial charge < -0.3 is 19.9 Å². The number of benzene rings is 1. The lowest BCUT2D eigenvalue weighted by atomic mass is 9.95. The highest BCUT2D eigenvalue weighted by Gasteiger charge is 2.30. The molecule has 2 aliphatic rings. The van der Waals surface area contributed by atoms with Crippen molar-refractivity contribution >= 4 is 17.6 Å². The van der Waals surface area contributed by atoms with Crippen LogP contribution in [-0.4, -0.2) is 73.0 Å². The molecular formula is C19H27N5O4. The Morgan fingerprint density at radius 1 is 1.18 bits per heavy atom. The summed E-state index contributed by atoms with van der Waals surface area (Å²) >= 11 is 0. The average molecular weight is 389 g/mol. The number of carbonyl (C=O) groups excluding carboxylic acids is 1. The molecule has 0 saturated carbocycles. The zero-order valence-electron chi connectivity index (χ0n) is 16.2. The second-order valence-corrected chi connectivity index (χ2v) is 7.02. The molecule has 28 heavy (non-hydrogen) atoms. The number of hydrogen-bond donors (Lipinski definition) is 1. The number of amides is 1. The summed E-state index contributed by atoms with van der Waals surface area (Å²) in [6.07, 6.45) is 1.63. The van der Waals surface area contributed by atoms with Crippen LogP contribution in [0.3, 0.4) is 0 Å². The Labute approximate surface area is 164 Å². The average Bonchev–Trinajstić information content (AvgIpc) is 2.75. The molecule has 152 valence electrons. The zero-order chi connectivity index (χ0) is 19.9. The second kappa shape index (κ2) is 9.50. The van der Waals surface area contributed by atoms with E-state index in [9.17, 15) is 14.9 Å². The summed E-state index contributed by atoms with van der Waals surface area (Å²) in [5, 5.41) is 14.0. The number of nitro groups is 1. The third kappa shape index (κ3) is 4.98. The Morgan fingerprint density at radius 2 is 1.82 bits per heavy atom. The Morgan fingerprint density at radius 3 is 2.39 bits per heavy atom. The van der Waals surface area contributed by atoms with E-state index in [0.29, 0.717) is 32.8 Å². The summed E-state index contributed by atoms with van der Waals surface area (Å²) in [5.41, 5.74) is 1.03. The number of aliphatic imine (C=N–C) groups is 1. The van der Waals surface area contributed by atoms with Crippen molar-refractivity contribution in [3.8, 4) is 0 Å². The largest absolute Gasteiger partial charge is 0.378 e. The van der Waals surface area contributed by atoms with Gasteiger partial charge in [-0.25, -0.2) is 0 Å². The maximum atomic E-state index is 12.6. The molecule has 9 heteroatoms. The van der Waals surface area contributed by atoms with Crippen molar-refractivity contribution in [2.75, 3.05) is 46.4 Å². The summed E-state index contributed by atoms with van der Waals surface area (Å²) in [6, 6.07) is 6.49. The van der Waals surface area contributed by atoms with Gasteiger partial charge >= 0.3 is 0 Å². The van der Waals surface area contributed by atoms with E-state index in [2.05, 4.69) is 15.2 Å². The summed E-state index contributed by atoms with van der Waals surface area (Å²) < 4.78 is 5.32. The first-order valence-electron chi connectivity index (χ1n) is 9.64. The normalized spacial score (nSPS) is 18.8. The summed E-state index contributed by atoms with van der Waals surface area (Å²) in [7, 11) is 1.74. The number of piperidine rings is 1. The Kier molecular flexibility index (Phi) is 6.80. The molecule has 1 amide bonds. The van der Waals surface area contributed by atoms with E-state index in [-0.39, 0.29) is 17.5 Å². The smallest absolute Gasteiger partial charge is 0.269 e. The Hall–Kier alpha value is -2.68. The molecule has 9 nitrogen and oxygen atoms in total. The van der Waals surface area contributed by atoms with Gasteiger partial charge in [-0.1, -0.05) is 12.1 Å². The lowest BCUT2D eigenvalue weighted by Gasteiger charge is -2.36. The van der Waals surface area contributed by atoms with E-state index in [1.165, 1.54) is 12.1 Å². The van der Waals surface area contributed by atoms with E-state index in [0.717, 1.165) is 37.5 Å². The molecule has 0 aliphatic carbocycles. The van der Waals surface area contributed by atoms with Crippen LogP contribution in [0.1, 0.15) is 18.4 Å². The number of morpholine rings is 1. The van der Waals surface area contributed by atoms with Crippen molar-refractivity contribution < 1.29 is 14.5 Å². The van der Waals surface area contributed by atoms with Crippen molar-refractivity contribution in [1.82, 2.24) is 15.1 Å². The number of ether oxygens (including phenoxy) is 1. The Bertz CT molecular complexity index is 708. The van der Waals surface area contributed by atoms with Gasteiger partial charge in [0.15, 0.2) is 5.96 Å². The lowest BCUT2D eigenvalue weighted by molar-refractivity contribution is -0.384. The van der Waals surface area contributed by atoms with Gasteiger partial charge in [0.2, 0.25) is 5.91 Å². The van der Waals surface area contributed by atoms with Crippen LogP contribution in [0, 0.1) is 16.0 Å². The monoisotopic (exact) mass is 389 g/mol. The first-order valence-corrected chi connectivity index (χ1v) is 9.64. The highest BCUT2D eigenvalue weighted by molar-refractivity contribution is 5.81. The minimum atomic E-state index is -0.404. The third-order valence-corrected chi connectivity index (χ3v) is 5.28. The molecule has 0 bridgehead atoms. The van der Waals surface area contributed by atoms with Crippen molar-refractivity contribution in [2.24, 2.45) is 10.9 Å². The Balaban J connectivity index is 1.48. The van der Waals surface area contributed by atoms with Crippen LogP contribution in [0.2, 0.25) is 0 Å². The minimum Gasteiger partial charge on any atom is -0.378 e. The number of rotatable bonds is 4. The quantitative estimate of drug-likeness (QED) is 0.360. The van der Waals surface area contributed by atoms with E-state index in [1.54, 1.807) is 19.2 Å². The molecule has 0 radical (unpaired) electrons. The highest BCUT2D eigenvalue weighted by Crippen LogP contribution is 2.20. The molecule has 2 saturated heterocycles. The molecule has 0 spiro atoms. The van der Waals surface area contributed by atoms with Crippen LogP contribution in [0.4, 0.5) is 5.69 Å². The van der Waals surface area contributed by atoms with E-state index in [1.807, 2.05) is 4.90 Å². The molecule has 2 aliphatic heterocycles. The number of nitrogens with one attached hydrogen (secondary N) is 1. The second-order valence-electron chi connectivity index (χ2n) is 7.02. The fourth-order valence-electron chi connectivity index (χ4n) is 3.63. The van der Waals surface area contributed by atoms with Gasteiger partial charge in [0.05, 0.1) is 18.1 Å². The summed E-state index contributed by atoms with van der Waals surface area (Å²) in [6.45, 7) is 4.74. The molecule has 1 N–H and O–H groups in total. The van der Waals surface area contributed by atoms with Crippen LogP contribution in [0.5, 0.6) is 0 Å². The first kappa shape index (κ1) is 20.1. The van der Waals surface area contributed by atoms with Crippen LogP contribution < -0.4 is 5.32 Å². The highest BCUT2D eigenvalue weighted by atomic mass is 16.6. The SMILES string of the molecule is CN=C(NCc1ccc([N+](=O)[O-])cc1)N1CCC(C(=O)N2CCOCC2)CC1. The van der Waals surface area contributed by atoms with Gasteiger partial charge in [-0.05, 0) is 18.4 Å². The molecule has 1 aromatic carbocycles. The van der Waals surface area contributed by atoms with Crippen molar-refractivity contribution in [2.45, 2.75) is 19.4 Å². The van der Waals surface area contributed by atoms with Crippen LogP contribution in [-0.2, 0) is 16.1 Å². The first-order chi connectivity index (χ1) is 13.6. The molecule has 1 aromatic rings. The van der Waals surface area contributed by atoms with E-state index < -0.39 is 4.92 Å². The number of guanidine groups is 1. The van der Waals surface area contributed by atoms with Crippen LogP contribution in [0.25, 0.3) is 0 Å². The molecule has 3 rings (SSSR count). The molecule has 2 fully saturated rings. The fraction of sp³-hybridized carbons (Fsp3) is 0.579. The number of nitrogens with zero attached hydrogens (tertiary/aromatic N) is 4. The van der Waals surface area contributed by atoms with Gasteiger partial charge in [0.25, 0.3) is 5.69 Å². The third-order valence-electron chi connectivity index (χ3n) is 5.28. The molecular weight excluding hydrogens is 362 g/mol. The van der Waals surface area contributed by atoms with E-state index in [4.69, 9.17) is 4.74 Å². The lowest BCUT2D eigenvalue weighted by Crippen LogP contribution is -2.49. The summed E-state index contributed by atoms with van der Waals surface area (Å²) in [5.74, 6) is 1.11. The maximum absolute atomic E-state index is 12.6. The number of non-ortho nitro benzene ring substituents is 1. The topological polar surface area (TPSA) is 100 Å². The number of likely N-dealkylation sites (tertiary alicyclic amines) is 1. The van der Waals surface area contributed by atoms with Gasteiger partial charge in [-0.2, -0.15) is 0 Å². The fourth-order valence-corrected chi connectivity index (χ4v) is 3.63. The van der Waals surface area contributed by atoms with Crippen LogP contribution >= 0.6 is 0 Å². The van der Waals surface area contributed by atoms with Crippen molar-refractivity contribution in [3.63, 3.8) is 0 Å². The minimum absolute atomic E-state index is 0.0714. The van der Waals surface area contributed by atoms with Crippen molar-refractivity contribution in [3.05, 3.63) is 39.9 Å². The number of nitro benzene ring substituents is 1.